The topological polar surface area (TPSA) is 95.9 Å². The van der Waals surface area contributed by atoms with Crippen molar-refractivity contribution in [1.29, 1.82) is 0 Å². The number of carboxylic acid groups (broad SMARTS) is 1. The van der Waals surface area contributed by atoms with Crippen LogP contribution >= 0.6 is 0 Å². The summed E-state index contributed by atoms with van der Waals surface area (Å²) in [6, 6.07) is 11.1. The van der Waals surface area contributed by atoms with Gasteiger partial charge in [-0.05, 0) is 80.3 Å². The van der Waals surface area contributed by atoms with Crippen molar-refractivity contribution < 1.29 is 24.5 Å². The number of benzene rings is 2. The van der Waals surface area contributed by atoms with Gasteiger partial charge in [0.05, 0.1) is 6.10 Å². The maximum absolute atomic E-state index is 12.6. The zero-order valence-electron chi connectivity index (χ0n) is 23.2. The van der Waals surface area contributed by atoms with E-state index in [0.29, 0.717) is 5.56 Å². The Hall–Kier alpha value is -2.86. The van der Waals surface area contributed by atoms with E-state index in [4.69, 9.17) is 9.84 Å². The number of carbonyl (C=O) groups excluding carboxylic acids is 1. The third-order valence-electron chi connectivity index (χ3n) is 7.32. The summed E-state index contributed by atoms with van der Waals surface area (Å²) >= 11 is 0. The first-order valence-electron chi connectivity index (χ1n) is 12.8. The molecule has 1 amide bonds. The van der Waals surface area contributed by atoms with Gasteiger partial charge in [-0.25, -0.2) is 0 Å². The lowest BCUT2D eigenvalue weighted by molar-refractivity contribution is -0.138. The van der Waals surface area contributed by atoms with E-state index in [1.807, 2.05) is 59.7 Å². The summed E-state index contributed by atoms with van der Waals surface area (Å²) in [4.78, 5) is 23.7. The van der Waals surface area contributed by atoms with E-state index in [1.54, 1.807) is 6.07 Å². The Kier molecular flexibility index (Phi) is 9.35. The minimum atomic E-state index is -1.07. The van der Waals surface area contributed by atoms with Gasteiger partial charge in [0, 0.05) is 11.0 Å². The highest BCUT2D eigenvalue weighted by Gasteiger charge is 2.33. The average molecular weight is 498 g/mol. The van der Waals surface area contributed by atoms with Crippen molar-refractivity contribution in [1.82, 2.24) is 5.32 Å². The predicted octanol–water partition coefficient (Wildman–Crippen LogP) is 5.79. The van der Waals surface area contributed by atoms with Crippen molar-refractivity contribution in [2.45, 2.75) is 98.8 Å². The zero-order valence-corrected chi connectivity index (χ0v) is 23.2. The van der Waals surface area contributed by atoms with Gasteiger partial charge >= 0.3 is 5.97 Å². The maximum atomic E-state index is 12.6. The molecule has 2 aromatic rings. The standard InChI is InChI=1S/C30H43NO5/c1-10-30(11-2,22-12-14-24(18(3)16-22)27(33)31-20(5)28(34)35)23-13-15-25(19(4)17-23)36-21(6)26(32)29(7,8)9/h12-17,20-21,26,32H,10-11H2,1-9H3,(H,31,33)(H,34,35)/t20-,21?,26?/m1/s1. The molecule has 3 N–H and O–H groups in total. The van der Waals surface area contributed by atoms with Gasteiger partial charge in [-0.15, -0.1) is 0 Å². The first kappa shape index (κ1) is 29.4. The highest BCUT2D eigenvalue weighted by Crippen LogP contribution is 2.41. The molecule has 0 aliphatic carbocycles. The molecule has 2 aromatic carbocycles. The molecule has 0 saturated heterocycles. The lowest BCUT2D eigenvalue weighted by Gasteiger charge is -2.35. The quantitative estimate of drug-likeness (QED) is 0.386. The summed E-state index contributed by atoms with van der Waals surface area (Å²) in [5, 5.41) is 22.2. The fraction of sp³-hybridized carbons (Fsp3) is 0.533. The number of aliphatic carboxylic acids is 1. The molecule has 6 nitrogen and oxygen atoms in total. The number of rotatable bonds is 10. The molecule has 0 aliphatic rings. The molecule has 0 aliphatic heterocycles. The van der Waals surface area contributed by atoms with Gasteiger partial charge in [-0.1, -0.05) is 58.9 Å². The molecule has 36 heavy (non-hydrogen) atoms. The highest BCUT2D eigenvalue weighted by atomic mass is 16.5. The Labute approximate surface area is 216 Å². The van der Waals surface area contributed by atoms with Crippen LogP contribution in [0.4, 0.5) is 0 Å². The second-order valence-corrected chi connectivity index (χ2v) is 11.0. The average Bonchev–Trinajstić information content (AvgIpc) is 2.80. The van der Waals surface area contributed by atoms with Crippen molar-refractivity contribution in [2.75, 3.05) is 0 Å². The Morgan fingerprint density at radius 3 is 1.92 bits per heavy atom. The van der Waals surface area contributed by atoms with Crippen LogP contribution in [0.2, 0.25) is 0 Å². The summed E-state index contributed by atoms with van der Waals surface area (Å²) in [7, 11) is 0. The summed E-state index contributed by atoms with van der Waals surface area (Å²) in [5.41, 5.74) is 4.01. The molecule has 0 fully saturated rings. The third kappa shape index (κ3) is 6.28. The Bertz CT molecular complexity index is 1080. The number of carboxylic acids is 1. The molecular weight excluding hydrogens is 454 g/mol. The molecule has 0 heterocycles. The SMILES string of the molecule is CCC(CC)(c1ccc(OC(C)C(O)C(C)(C)C)c(C)c1)c1ccc(C(=O)N[C@H](C)C(=O)O)c(C)c1. The van der Waals surface area contributed by atoms with Gasteiger partial charge in [0.15, 0.2) is 0 Å². The molecule has 0 bridgehead atoms. The fourth-order valence-electron chi connectivity index (χ4n) is 4.83. The van der Waals surface area contributed by atoms with Crippen molar-refractivity contribution in [3.63, 3.8) is 0 Å². The van der Waals surface area contributed by atoms with Crippen LogP contribution in [0.3, 0.4) is 0 Å². The van der Waals surface area contributed by atoms with Gasteiger partial charge in [0.25, 0.3) is 5.91 Å². The Morgan fingerprint density at radius 1 is 0.944 bits per heavy atom. The number of aliphatic hydroxyl groups excluding tert-OH is 1. The van der Waals surface area contributed by atoms with Crippen LogP contribution in [0.1, 0.15) is 93.9 Å². The largest absolute Gasteiger partial charge is 0.488 e. The number of ether oxygens (including phenoxy) is 1. The van der Waals surface area contributed by atoms with E-state index < -0.39 is 24.0 Å². The van der Waals surface area contributed by atoms with Crippen LogP contribution in [-0.4, -0.2) is 40.3 Å². The van der Waals surface area contributed by atoms with Crippen LogP contribution in [0, 0.1) is 19.3 Å². The van der Waals surface area contributed by atoms with Gasteiger partial charge in [0.1, 0.15) is 17.9 Å². The van der Waals surface area contributed by atoms with Crippen molar-refractivity contribution >= 4 is 11.9 Å². The second-order valence-electron chi connectivity index (χ2n) is 11.0. The lowest BCUT2D eigenvalue weighted by Crippen LogP contribution is -2.39. The number of hydrogen-bond acceptors (Lipinski definition) is 4. The van der Waals surface area contributed by atoms with E-state index in [-0.39, 0.29) is 16.9 Å². The Balaban J connectivity index is 2.40. The van der Waals surface area contributed by atoms with Crippen LogP contribution in [0.25, 0.3) is 0 Å². The second kappa shape index (κ2) is 11.5. The molecule has 2 unspecified atom stereocenters. The van der Waals surface area contributed by atoms with Gasteiger partial charge in [0.2, 0.25) is 0 Å². The highest BCUT2D eigenvalue weighted by molar-refractivity contribution is 5.97. The van der Waals surface area contributed by atoms with Gasteiger partial charge < -0.3 is 20.3 Å². The number of aliphatic hydroxyl groups is 1. The van der Waals surface area contributed by atoms with Gasteiger partial charge in [-0.2, -0.15) is 0 Å². The van der Waals surface area contributed by atoms with Crippen molar-refractivity contribution in [3.8, 4) is 5.75 Å². The number of carbonyl (C=O) groups is 2. The van der Waals surface area contributed by atoms with Crippen molar-refractivity contribution in [3.05, 3.63) is 64.2 Å². The summed E-state index contributed by atoms with van der Waals surface area (Å²) in [6.07, 6.45) is 0.785. The van der Waals surface area contributed by atoms with E-state index in [2.05, 4.69) is 31.3 Å². The van der Waals surface area contributed by atoms with Gasteiger partial charge in [-0.3, -0.25) is 9.59 Å². The van der Waals surface area contributed by atoms with Crippen molar-refractivity contribution in [2.24, 2.45) is 5.41 Å². The van der Waals surface area contributed by atoms with E-state index in [1.165, 1.54) is 6.92 Å². The molecule has 6 heteroatoms. The fourth-order valence-corrected chi connectivity index (χ4v) is 4.83. The van der Waals surface area contributed by atoms with Crippen LogP contribution in [0.5, 0.6) is 5.75 Å². The lowest BCUT2D eigenvalue weighted by atomic mass is 9.70. The normalized spacial score (nSPS) is 14.6. The molecule has 3 atom stereocenters. The molecule has 0 radical (unpaired) electrons. The smallest absolute Gasteiger partial charge is 0.325 e. The van der Waals surface area contributed by atoms with E-state index >= 15 is 0 Å². The van der Waals surface area contributed by atoms with Crippen LogP contribution in [0.15, 0.2) is 36.4 Å². The Morgan fingerprint density at radius 2 is 1.47 bits per heavy atom. The monoisotopic (exact) mass is 497 g/mol. The first-order valence-corrected chi connectivity index (χ1v) is 12.8. The number of hydrogen-bond donors (Lipinski definition) is 3. The molecule has 0 saturated carbocycles. The molecule has 2 rings (SSSR count). The molecule has 0 aromatic heterocycles. The summed E-state index contributed by atoms with van der Waals surface area (Å²) in [6.45, 7) is 17.5. The number of aryl methyl sites for hydroxylation is 2. The maximum Gasteiger partial charge on any atom is 0.325 e. The molecular formula is C30H43NO5. The molecule has 0 spiro atoms. The number of nitrogens with one attached hydrogen (secondary N) is 1. The van der Waals surface area contributed by atoms with E-state index in [9.17, 15) is 14.7 Å². The predicted molar refractivity (Wildman–Crippen MR) is 144 cm³/mol. The minimum absolute atomic E-state index is 0.256. The first-order chi connectivity index (χ1) is 16.7. The number of amides is 1. The third-order valence-corrected chi connectivity index (χ3v) is 7.32. The summed E-state index contributed by atoms with van der Waals surface area (Å²) in [5.74, 6) is -0.707. The van der Waals surface area contributed by atoms with E-state index in [0.717, 1.165) is 40.8 Å². The zero-order chi connectivity index (χ0) is 27.4. The van der Waals surface area contributed by atoms with Crippen LogP contribution < -0.4 is 10.1 Å². The minimum Gasteiger partial charge on any atom is -0.488 e. The molecule has 198 valence electrons. The summed E-state index contributed by atoms with van der Waals surface area (Å²) < 4.78 is 6.15. The van der Waals surface area contributed by atoms with Crippen LogP contribution in [-0.2, 0) is 10.2 Å².